The lowest BCUT2D eigenvalue weighted by molar-refractivity contribution is 0.197. The lowest BCUT2D eigenvalue weighted by Gasteiger charge is -2.32. The molecule has 81 valence electrons. The number of rotatable bonds is 6. The highest BCUT2D eigenvalue weighted by molar-refractivity contribution is 5.59. The summed E-state index contributed by atoms with van der Waals surface area (Å²) in [5, 5.41) is 3.21. The second-order valence-electron chi connectivity index (χ2n) is 3.93. The van der Waals surface area contributed by atoms with Crippen molar-refractivity contribution in [2.24, 2.45) is 0 Å². The van der Waals surface area contributed by atoms with Gasteiger partial charge in [-0.3, -0.25) is 9.69 Å². The monoisotopic (exact) mass is 197 g/mol. The van der Waals surface area contributed by atoms with E-state index < -0.39 is 0 Å². The molecule has 1 radical (unpaired) electrons. The Morgan fingerprint density at radius 2 is 2.29 bits per heavy atom. The fourth-order valence-corrected chi connectivity index (χ4v) is 1.87. The van der Waals surface area contributed by atoms with E-state index in [9.17, 15) is 4.79 Å². The molecule has 0 saturated carbocycles. The van der Waals surface area contributed by atoms with Gasteiger partial charge < -0.3 is 5.32 Å². The van der Waals surface area contributed by atoms with Crippen LogP contribution in [0, 0.1) is 0 Å². The van der Waals surface area contributed by atoms with Crippen molar-refractivity contribution in [3.05, 3.63) is 0 Å². The van der Waals surface area contributed by atoms with Crippen LogP contribution < -0.4 is 5.32 Å². The Bertz CT molecular complexity index is 161. The summed E-state index contributed by atoms with van der Waals surface area (Å²) in [6.07, 6.45) is 7.18. The molecule has 3 heteroatoms. The Hall–Kier alpha value is -0.410. The van der Waals surface area contributed by atoms with E-state index in [1.165, 1.54) is 25.7 Å². The summed E-state index contributed by atoms with van der Waals surface area (Å²) in [4.78, 5) is 12.9. The normalized spacial score (nSPS) is 23.6. The molecule has 0 aromatic heterocycles. The first-order valence-electron chi connectivity index (χ1n) is 5.71. The Kier molecular flexibility index (Phi) is 5.80. The number of hydrogen-bond acceptors (Lipinski definition) is 3. The van der Waals surface area contributed by atoms with Gasteiger partial charge in [0.1, 0.15) is 0 Å². The Morgan fingerprint density at radius 3 is 3.00 bits per heavy atom. The number of nitrogens with one attached hydrogen (secondary N) is 1. The van der Waals surface area contributed by atoms with Crippen molar-refractivity contribution in [1.29, 1.82) is 0 Å². The van der Waals surface area contributed by atoms with Crippen LogP contribution in [-0.4, -0.2) is 43.4 Å². The van der Waals surface area contributed by atoms with Crippen molar-refractivity contribution in [1.82, 2.24) is 10.2 Å². The molecule has 1 atom stereocenters. The van der Waals surface area contributed by atoms with Crippen molar-refractivity contribution < 1.29 is 4.79 Å². The number of piperazine rings is 1. The third-order valence-electron chi connectivity index (χ3n) is 2.79. The van der Waals surface area contributed by atoms with E-state index in [0.29, 0.717) is 0 Å². The summed E-state index contributed by atoms with van der Waals surface area (Å²) in [6, 6.07) is -0.00891. The molecule has 0 aromatic carbocycles. The molecule has 0 aliphatic carbocycles. The highest BCUT2D eigenvalue weighted by atomic mass is 16.1. The van der Waals surface area contributed by atoms with Crippen LogP contribution in [0.25, 0.3) is 0 Å². The fourth-order valence-electron chi connectivity index (χ4n) is 1.87. The molecule has 14 heavy (non-hydrogen) atoms. The molecule has 1 unspecified atom stereocenters. The fraction of sp³-hybridized carbons (Fsp3) is 0.909. The Labute approximate surface area is 86.9 Å². The number of carbonyl (C=O) groups excluding carboxylic acids is 1. The highest BCUT2D eigenvalue weighted by Crippen LogP contribution is 2.05. The van der Waals surface area contributed by atoms with Gasteiger partial charge in [0.2, 0.25) is 6.29 Å². The lowest BCUT2D eigenvalue weighted by atomic mass is 10.1. The summed E-state index contributed by atoms with van der Waals surface area (Å²) in [7, 11) is 0. The Morgan fingerprint density at radius 1 is 1.43 bits per heavy atom. The molecule has 1 aliphatic rings. The maximum absolute atomic E-state index is 10.7. The van der Waals surface area contributed by atoms with Crippen molar-refractivity contribution >= 4 is 6.29 Å². The molecule has 0 spiro atoms. The van der Waals surface area contributed by atoms with Gasteiger partial charge in [0.05, 0.1) is 6.04 Å². The molecule has 1 rings (SSSR count). The smallest absolute Gasteiger partial charge is 0.218 e. The average molecular weight is 197 g/mol. The van der Waals surface area contributed by atoms with E-state index in [-0.39, 0.29) is 6.04 Å². The van der Waals surface area contributed by atoms with Crippen LogP contribution in [0.2, 0.25) is 0 Å². The zero-order valence-electron chi connectivity index (χ0n) is 9.09. The second kappa shape index (κ2) is 6.96. The SMILES string of the molecule is CCCCCCN1CCNCC1[C]=O. The maximum Gasteiger partial charge on any atom is 0.218 e. The molecule has 1 aliphatic heterocycles. The summed E-state index contributed by atoms with van der Waals surface area (Å²) < 4.78 is 0. The van der Waals surface area contributed by atoms with E-state index >= 15 is 0 Å². The molecule has 1 fully saturated rings. The quantitative estimate of drug-likeness (QED) is 0.643. The molecule has 0 bridgehead atoms. The third kappa shape index (κ3) is 3.76. The predicted octanol–water partition coefficient (Wildman–Crippen LogP) is 0.950. The molecular formula is C11H21N2O. The zero-order valence-corrected chi connectivity index (χ0v) is 9.09. The summed E-state index contributed by atoms with van der Waals surface area (Å²) in [6.45, 7) is 6.05. The molecule has 3 nitrogen and oxygen atoms in total. The van der Waals surface area contributed by atoms with Gasteiger partial charge in [0, 0.05) is 19.6 Å². The van der Waals surface area contributed by atoms with Crippen LogP contribution in [0.15, 0.2) is 0 Å². The van der Waals surface area contributed by atoms with Crippen molar-refractivity contribution in [3.8, 4) is 0 Å². The maximum atomic E-state index is 10.7. The van der Waals surface area contributed by atoms with Crippen molar-refractivity contribution in [2.45, 2.75) is 38.6 Å². The van der Waals surface area contributed by atoms with Crippen molar-refractivity contribution in [2.75, 3.05) is 26.2 Å². The van der Waals surface area contributed by atoms with E-state index in [4.69, 9.17) is 0 Å². The van der Waals surface area contributed by atoms with Gasteiger partial charge in [-0.1, -0.05) is 26.2 Å². The standard InChI is InChI=1S/C11H21N2O/c1-2-3-4-5-7-13-8-6-12-9-11(13)10-14/h11-12H,2-9H2,1H3. The van der Waals surface area contributed by atoms with Crippen LogP contribution >= 0.6 is 0 Å². The highest BCUT2D eigenvalue weighted by Gasteiger charge is 2.21. The van der Waals surface area contributed by atoms with Crippen LogP contribution in [0.1, 0.15) is 32.6 Å². The van der Waals surface area contributed by atoms with Gasteiger partial charge in [-0.25, -0.2) is 0 Å². The molecular weight excluding hydrogens is 176 g/mol. The van der Waals surface area contributed by atoms with Gasteiger partial charge in [0.15, 0.2) is 0 Å². The van der Waals surface area contributed by atoms with Crippen LogP contribution in [-0.2, 0) is 4.79 Å². The number of unbranched alkanes of at least 4 members (excludes halogenated alkanes) is 3. The molecule has 0 aromatic rings. The minimum absolute atomic E-state index is 0.00891. The average Bonchev–Trinajstić information content (AvgIpc) is 2.25. The lowest BCUT2D eigenvalue weighted by Crippen LogP contribution is -2.52. The molecule has 1 N–H and O–H groups in total. The largest absolute Gasteiger partial charge is 0.313 e. The van der Waals surface area contributed by atoms with E-state index in [2.05, 4.69) is 23.4 Å². The summed E-state index contributed by atoms with van der Waals surface area (Å²) >= 11 is 0. The van der Waals surface area contributed by atoms with Crippen molar-refractivity contribution in [3.63, 3.8) is 0 Å². The molecule has 1 saturated heterocycles. The third-order valence-corrected chi connectivity index (χ3v) is 2.79. The minimum atomic E-state index is -0.00891. The van der Waals surface area contributed by atoms with E-state index in [1.54, 1.807) is 0 Å². The van der Waals surface area contributed by atoms with Gasteiger partial charge in [-0.15, -0.1) is 0 Å². The van der Waals surface area contributed by atoms with Crippen LogP contribution in [0.4, 0.5) is 0 Å². The summed E-state index contributed by atoms with van der Waals surface area (Å²) in [5.41, 5.74) is 0. The number of hydrogen-bond donors (Lipinski definition) is 1. The summed E-state index contributed by atoms with van der Waals surface area (Å²) in [5.74, 6) is 0. The topological polar surface area (TPSA) is 32.3 Å². The number of nitrogens with zero attached hydrogens (tertiary/aromatic N) is 1. The van der Waals surface area contributed by atoms with E-state index in [0.717, 1.165) is 26.2 Å². The van der Waals surface area contributed by atoms with E-state index in [1.807, 2.05) is 0 Å². The van der Waals surface area contributed by atoms with Gasteiger partial charge in [0.25, 0.3) is 0 Å². The first-order valence-corrected chi connectivity index (χ1v) is 5.71. The zero-order chi connectivity index (χ0) is 10.2. The van der Waals surface area contributed by atoms with Gasteiger partial charge in [-0.05, 0) is 13.0 Å². The second-order valence-corrected chi connectivity index (χ2v) is 3.93. The molecule has 1 heterocycles. The van der Waals surface area contributed by atoms with Gasteiger partial charge >= 0.3 is 0 Å². The molecule has 0 amide bonds. The minimum Gasteiger partial charge on any atom is -0.313 e. The van der Waals surface area contributed by atoms with Crippen LogP contribution in [0.5, 0.6) is 0 Å². The predicted molar refractivity (Wildman–Crippen MR) is 58.1 cm³/mol. The van der Waals surface area contributed by atoms with Crippen LogP contribution in [0.3, 0.4) is 0 Å². The first kappa shape index (κ1) is 11.7. The first-order chi connectivity index (χ1) is 6.88. The Balaban J connectivity index is 2.16. The van der Waals surface area contributed by atoms with Gasteiger partial charge in [-0.2, -0.15) is 0 Å².